The molecule has 1 N–H and O–H groups in total. The van der Waals surface area contributed by atoms with Crippen LogP contribution in [0.4, 0.5) is 0 Å². The van der Waals surface area contributed by atoms with Crippen molar-refractivity contribution < 1.29 is 4.74 Å². The number of aromatic nitrogens is 2. The Morgan fingerprint density at radius 1 is 1.65 bits per heavy atom. The number of H-pyrrole nitrogens is 1. The second-order valence-corrected chi connectivity index (χ2v) is 5.08. The summed E-state index contributed by atoms with van der Waals surface area (Å²) >= 11 is 6.62. The fraction of sp³-hybridized carbons (Fsp3) is 0.455. The van der Waals surface area contributed by atoms with Crippen molar-refractivity contribution in [2.75, 3.05) is 6.61 Å². The zero-order chi connectivity index (χ0) is 12.4. The molecule has 0 aliphatic rings. The zero-order valence-corrected chi connectivity index (χ0v) is 11.4. The van der Waals surface area contributed by atoms with Crippen LogP contribution >= 0.6 is 23.6 Å². The van der Waals surface area contributed by atoms with Gasteiger partial charge in [0.05, 0.1) is 18.2 Å². The van der Waals surface area contributed by atoms with Gasteiger partial charge in [-0.15, -0.1) is 11.3 Å². The Bertz CT molecular complexity index is 626. The van der Waals surface area contributed by atoms with E-state index in [1.807, 2.05) is 25.3 Å². The monoisotopic (exact) mass is 270 g/mol. The summed E-state index contributed by atoms with van der Waals surface area (Å²) in [6, 6.07) is 1.87. The first-order valence-electron chi connectivity index (χ1n) is 5.45. The second kappa shape index (κ2) is 5.12. The number of nitrogens with one attached hydrogen (secondary N) is 1. The molecule has 0 fully saturated rings. The van der Waals surface area contributed by atoms with Crippen LogP contribution in [0, 0.1) is 4.77 Å². The average molecular weight is 270 g/mol. The van der Waals surface area contributed by atoms with E-state index in [-0.39, 0.29) is 11.7 Å². The molecule has 0 aromatic carbocycles. The predicted molar refractivity (Wildman–Crippen MR) is 72.4 cm³/mol. The highest BCUT2D eigenvalue weighted by Crippen LogP contribution is 2.14. The van der Waals surface area contributed by atoms with Gasteiger partial charge >= 0.3 is 0 Å². The fourth-order valence-electron chi connectivity index (χ4n) is 1.73. The van der Waals surface area contributed by atoms with Crippen LogP contribution in [-0.4, -0.2) is 22.3 Å². The van der Waals surface area contributed by atoms with E-state index in [9.17, 15) is 4.79 Å². The van der Waals surface area contributed by atoms with Gasteiger partial charge in [0.2, 0.25) is 0 Å². The molecule has 2 heterocycles. The Labute approximate surface area is 108 Å². The molecule has 1 atom stereocenters. The van der Waals surface area contributed by atoms with Crippen LogP contribution in [0.15, 0.2) is 16.2 Å². The van der Waals surface area contributed by atoms with Crippen LogP contribution in [-0.2, 0) is 11.3 Å². The molecule has 92 valence electrons. The summed E-state index contributed by atoms with van der Waals surface area (Å²) in [4.78, 5) is 15.2. The summed E-state index contributed by atoms with van der Waals surface area (Å²) in [6.45, 7) is 4.98. The normalized spacial score (nSPS) is 13.1. The molecule has 0 aliphatic carbocycles. The number of fused-ring (bicyclic) bond motifs is 1. The van der Waals surface area contributed by atoms with Crippen molar-refractivity contribution in [2.45, 2.75) is 26.5 Å². The molecule has 6 heteroatoms. The first-order valence-corrected chi connectivity index (χ1v) is 6.74. The number of ether oxygens (including phenoxy) is 1. The number of hydrogen-bond donors (Lipinski definition) is 1. The van der Waals surface area contributed by atoms with Crippen LogP contribution in [0.25, 0.3) is 10.2 Å². The van der Waals surface area contributed by atoms with Gasteiger partial charge in [0.15, 0.2) is 4.77 Å². The number of nitrogens with zero attached hydrogens (tertiary/aromatic N) is 1. The number of aromatic amines is 1. The van der Waals surface area contributed by atoms with Crippen molar-refractivity contribution in [3.8, 4) is 0 Å². The highest BCUT2D eigenvalue weighted by molar-refractivity contribution is 7.71. The summed E-state index contributed by atoms with van der Waals surface area (Å²) in [6.07, 6.45) is -0.0230. The summed E-state index contributed by atoms with van der Waals surface area (Å²) in [5, 5.41) is 1.88. The van der Waals surface area contributed by atoms with Gasteiger partial charge in [-0.1, -0.05) is 0 Å². The van der Waals surface area contributed by atoms with Gasteiger partial charge in [-0.25, -0.2) is 0 Å². The largest absolute Gasteiger partial charge is 0.377 e. The molecule has 2 rings (SSSR count). The smallest absolute Gasteiger partial charge is 0.272 e. The summed E-state index contributed by atoms with van der Waals surface area (Å²) in [5.41, 5.74) is 0.774. The van der Waals surface area contributed by atoms with Gasteiger partial charge in [0, 0.05) is 6.61 Å². The minimum atomic E-state index is -0.0368. The Balaban J connectivity index is 2.46. The predicted octanol–water partition coefficient (Wildman–Crippen LogP) is 2.55. The zero-order valence-electron chi connectivity index (χ0n) is 9.73. The quantitative estimate of drug-likeness (QED) is 0.869. The molecule has 2 aromatic heterocycles. The van der Waals surface area contributed by atoms with Gasteiger partial charge in [-0.05, 0) is 37.5 Å². The van der Waals surface area contributed by atoms with Crippen molar-refractivity contribution in [3.05, 3.63) is 26.6 Å². The van der Waals surface area contributed by atoms with Crippen molar-refractivity contribution in [1.82, 2.24) is 9.55 Å². The summed E-state index contributed by atoms with van der Waals surface area (Å²) < 4.78 is 8.16. The molecule has 0 saturated carbocycles. The molecule has 2 aromatic rings. The molecular weight excluding hydrogens is 256 g/mol. The lowest BCUT2D eigenvalue weighted by Gasteiger charge is -2.13. The first-order chi connectivity index (χ1) is 8.13. The minimum absolute atomic E-state index is 0.0230. The highest BCUT2D eigenvalue weighted by atomic mass is 32.1. The molecule has 0 spiro atoms. The van der Waals surface area contributed by atoms with Crippen molar-refractivity contribution in [1.29, 1.82) is 0 Å². The molecule has 4 nitrogen and oxygen atoms in total. The molecular formula is C11H14N2O2S2. The van der Waals surface area contributed by atoms with E-state index in [1.165, 1.54) is 11.3 Å². The van der Waals surface area contributed by atoms with Gasteiger partial charge in [-0.3, -0.25) is 9.36 Å². The Kier molecular flexibility index (Phi) is 3.76. The van der Waals surface area contributed by atoms with Crippen molar-refractivity contribution >= 4 is 33.8 Å². The highest BCUT2D eigenvalue weighted by Gasteiger charge is 2.09. The molecule has 0 amide bonds. The lowest BCUT2D eigenvalue weighted by molar-refractivity contribution is 0.0629. The van der Waals surface area contributed by atoms with Crippen molar-refractivity contribution in [3.63, 3.8) is 0 Å². The maximum Gasteiger partial charge on any atom is 0.272 e. The SMILES string of the molecule is CCOC(C)Cn1c(=S)[nH]c2ccsc2c1=O. The van der Waals surface area contributed by atoms with E-state index >= 15 is 0 Å². The number of hydrogen-bond acceptors (Lipinski definition) is 4. The number of rotatable bonds is 4. The molecule has 0 bridgehead atoms. The molecule has 0 radical (unpaired) electrons. The Morgan fingerprint density at radius 2 is 2.41 bits per heavy atom. The maximum atomic E-state index is 12.2. The summed E-state index contributed by atoms with van der Waals surface area (Å²) in [5.74, 6) is 0. The molecule has 0 saturated heterocycles. The van der Waals surface area contributed by atoms with Gasteiger partial charge in [0.1, 0.15) is 4.70 Å². The Hall–Kier alpha value is -0.980. The van der Waals surface area contributed by atoms with Gasteiger partial charge in [-0.2, -0.15) is 0 Å². The lowest BCUT2D eigenvalue weighted by atomic mass is 10.4. The van der Waals surface area contributed by atoms with Crippen LogP contribution in [0.2, 0.25) is 0 Å². The van der Waals surface area contributed by atoms with Gasteiger partial charge in [0.25, 0.3) is 5.56 Å². The van der Waals surface area contributed by atoms with Crippen LogP contribution in [0.5, 0.6) is 0 Å². The molecule has 17 heavy (non-hydrogen) atoms. The van der Waals surface area contributed by atoms with E-state index in [2.05, 4.69) is 4.98 Å². The minimum Gasteiger partial charge on any atom is -0.377 e. The van der Waals surface area contributed by atoms with Crippen molar-refractivity contribution in [2.24, 2.45) is 0 Å². The van der Waals surface area contributed by atoms with Crippen LogP contribution < -0.4 is 5.56 Å². The first kappa shape index (κ1) is 12.5. The molecule has 0 aliphatic heterocycles. The Morgan fingerprint density at radius 3 is 3.12 bits per heavy atom. The third-order valence-electron chi connectivity index (χ3n) is 2.48. The second-order valence-electron chi connectivity index (χ2n) is 3.78. The van der Waals surface area contributed by atoms with Crippen LogP contribution in [0.1, 0.15) is 13.8 Å². The molecule has 1 unspecified atom stereocenters. The average Bonchev–Trinajstić information content (AvgIpc) is 2.72. The van der Waals surface area contributed by atoms with E-state index in [4.69, 9.17) is 17.0 Å². The lowest BCUT2D eigenvalue weighted by Crippen LogP contribution is -2.27. The topological polar surface area (TPSA) is 47.0 Å². The third kappa shape index (κ3) is 2.48. The number of thiophene rings is 1. The standard InChI is InChI=1S/C11H14N2O2S2/c1-3-15-7(2)6-13-10(14)9-8(4-5-17-9)12-11(13)16/h4-5,7H,3,6H2,1-2H3,(H,12,16). The van der Waals surface area contributed by atoms with Gasteiger partial charge < -0.3 is 9.72 Å². The third-order valence-corrected chi connectivity index (χ3v) is 3.71. The summed E-state index contributed by atoms with van der Waals surface area (Å²) in [7, 11) is 0. The van der Waals surface area contributed by atoms with E-state index in [0.717, 1.165) is 5.52 Å². The maximum absolute atomic E-state index is 12.2. The fourth-order valence-corrected chi connectivity index (χ4v) is 2.80. The van der Waals surface area contributed by atoms with E-state index in [0.29, 0.717) is 22.6 Å². The van der Waals surface area contributed by atoms with E-state index in [1.54, 1.807) is 4.57 Å². The van der Waals surface area contributed by atoms with Crippen LogP contribution in [0.3, 0.4) is 0 Å². The van der Waals surface area contributed by atoms with E-state index < -0.39 is 0 Å².